The summed E-state index contributed by atoms with van der Waals surface area (Å²) in [7, 11) is 0. The van der Waals surface area contributed by atoms with E-state index in [4.69, 9.17) is 6.58 Å². The third-order valence-corrected chi connectivity index (χ3v) is 14.0. The van der Waals surface area contributed by atoms with Crippen LogP contribution in [0, 0.1) is 57.7 Å². The van der Waals surface area contributed by atoms with Crippen LogP contribution in [0.15, 0.2) is 35.5 Å². The van der Waals surface area contributed by atoms with Gasteiger partial charge in [0.05, 0.1) is 0 Å². The molecule has 0 nitrogen and oxygen atoms in total. The molecule has 0 heteroatoms. The van der Waals surface area contributed by atoms with Gasteiger partial charge in [0.15, 0.2) is 0 Å². The molecular formula is C34H50. The van der Waals surface area contributed by atoms with Gasteiger partial charge in [-0.15, -0.1) is 0 Å². The first kappa shape index (κ1) is 22.4. The maximum absolute atomic E-state index is 5.04. The first-order chi connectivity index (χ1) is 16.5. The molecule has 9 atom stereocenters. The van der Waals surface area contributed by atoms with E-state index in [9.17, 15) is 0 Å². The second kappa shape index (κ2) is 7.61. The summed E-state index contributed by atoms with van der Waals surface area (Å²) < 4.78 is 0. The number of rotatable bonds is 6. The van der Waals surface area contributed by atoms with Crippen LogP contribution in [0.1, 0.15) is 117 Å². The van der Waals surface area contributed by atoms with Gasteiger partial charge in [-0.3, -0.25) is 0 Å². The van der Waals surface area contributed by atoms with Crippen LogP contribution in [-0.2, 0) is 0 Å². The van der Waals surface area contributed by atoms with Crippen molar-refractivity contribution in [2.75, 3.05) is 0 Å². The van der Waals surface area contributed by atoms with Crippen molar-refractivity contribution in [1.82, 2.24) is 0 Å². The molecule has 0 radical (unpaired) electrons. The van der Waals surface area contributed by atoms with Gasteiger partial charge in [-0.2, -0.15) is 0 Å². The highest BCUT2D eigenvalue weighted by atomic mass is 14.6. The molecule has 0 amide bonds. The molecule has 0 spiro atoms. The van der Waals surface area contributed by atoms with E-state index >= 15 is 0 Å². The van der Waals surface area contributed by atoms with Crippen LogP contribution in [-0.4, -0.2) is 0 Å². The topological polar surface area (TPSA) is 0 Å². The molecule has 7 aliphatic rings. The van der Waals surface area contributed by atoms with Crippen molar-refractivity contribution < 1.29 is 0 Å². The van der Waals surface area contributed by atoms with E-state index in [2.05, 4.69) is 32.9 Å². The molecule has 6 bridgehead atoms. The molecule has 9 unspecified atom stereocenters. The zero-order chi connectivity index (χ0) is 23.3. The predicted molar refractivity (Wildman–Crippen MR) is 143 cm³/mol. The standard InChI is InChI=1S/C34H50/c1-5-32(19-23-8-11-26(32)14-23)29-17-30(33(6-2)20-24-9-12-27(33)15-24)22(4)31(18-29)34(7-3)21-25-10-13-28(34)16-25/h17-18,23-29H,4-16,19-21H2,1-3H3. The molecule has 34 heavy (non-hydrogen) atoms. The van der Waals surface area contributed by atoms with Gasteiger partial charge in [0, 0.05) is 5.92 Å². The highest BCUT2D eigenvalue weighted by Gasteiger charge is 2.59. The lowest BCUT2D eigenvalue weighted by atomic mass is 9.53. The predicted octanol–water partition coefficient (Wildman–Crippen LogP) is 9.67. The van der Waals surface area contributed by atoms with Crippen molar-refractivity contribution in [2.45, 2.75) is 117 Å². The fourth-order valence-corrected chi connectivity index (χ4v) is 12.4. The van der Waals surface area contributed by atoms with E-state index in [-0.39, 0.29) is 0 Å². The summed E-state index contributed by atoms with van der Waals surface area (Å²) >= 11 is 0. The summed E-state index contributed by atoms with van der Waals surface area (Å²) in [6.07, 6.45) is 27.9. The molecule has 6 fully saturated rings. The number of hydrogen-bond donors (Lipinski definition) is 0. The Morgan fingerprint density at radius 3 is 1.44 bits per heavy atom. The largest absolute Gasteiger partial charge is 0.0912 e. The Morgan fingerprint density at radius 2 is 1.12 bits per heavy atom. The van der Waals surface area contributed by atoms with Crippen molar-refractivity contribution in [3.05, 3.63) is 35.5 Å². The molecule has 0 N–H and O–H groups in total. The SMILES string of the molecule is C=C1C(C2(CC)CC3CCC2C3)=CC(C2(CC)CC3CCC2C3)C=C1C1(CC)CC2CCC1C2. The Morgan fingerprint density at radius 1 is 0.647 bits per heavy atom. The number of fused-ring (bicyclic) bond motifs is 6. The Bertz CT molecular complexity index is 878. The van der Waals surface area contributed by atoms with Gasteiger partial charge in [0.25, 0.3) is 0 Å². The molecule has 186 valence electrons. The summed E-state index contributed by atoms with van der Waals surface area (Å²) in [4.78, 5) is 0. The minimum Gasteiger partial charge on any atom is -0.0912 e. The van der Waals surface area contributed by atoms with E-state index in [1.54, 1.807) is 11.1 Å². The quantitative estimate of drug-likeness (QED) is 0.371. The van der Waals surface area contributed by atoms with Gasteiger partial charge >= 0.3 is 0 Å². The van der Waals surface area contributed by atoms with E-state index in [1.807, 2.05) is 0 Å². The normalized spacial score (nSPS) is 53.1. The maximum Gasteiger partial charge on any atom is 0.00182 e. The zero-order valence-corrected chi connectivity index (χ0v) is 22.5. The molecular weight excluding hydrogens is 408 g/mol. The molecule has 0 aromatic heterocycles. The van der Waals surface area contributed by atoms with Crippen molar-refractivity contribution in [3.8, 4) is 0 Å². The Kier molecular flexibility index (Phi) is 5.02. The van der Waals surface area contributed by atoms with Gasteiger partial charge in [0.1, 0.15) is 0 Å². The Balaban J connectivity index is 1.37. The first-order valence-corrected chi connectivity index (χ1v) is 15.6. The molecule has 0 aliphatic heterocycles. The molecule has 6 saturated carbocycles. The highest BCUT2D eigenvalue weighted by Crippen LogP contribution is 2.70. The first-order valence-electron chi connectivity index (χ1n) is 15.6. The summed E-state index contributed by atoms with van der Waals surface area (Å²) in [6.45, 7) is 12.6. The second-order valence-electron chi connectivity index (χ2n) is 14.5. The minimum atomic E-state index is 0.441. The molecule has 0 aromatic rings. The van der Waals surface area contributed by atoms with Crippen LogP contribution in [0.5, 0.6) is 0 Å². The van der Waals surface area contributed by atoms with Crippen LogP contribution in [0.4, 0.5) is 0 Å². The summed E-state index contributed by atoms with van der Waals surface area (Å²) in [5.74, 6) is 6.53. The number of hydrogen-bond acceptors (Lipinski definition) is 0. The molecule has 7 rings (SSSR count). The minimum absolute atomic E-state index is 0.441. The third-order valence-electron chi connectivity index (χ3n) is 14.0. The van der Waals surface area contributed by atoms with Gasteiger partial charge in [-0.1, -0.05) is 58.8 Å². The average molecular weight is 459 g/mol. The van der Waals surface area contributed by atoms with Crippen LogP contribution in [0.2, 0.25) is 0 Å². The third kappa shape index (κ3) is 2.73. The second-order valence-corrected chi connectivity index (χ2v) is 14.5. The van der Waals surface area contributed by atoms with Gasteiger partial charge < -0.3 is 0 Å². The zero-order valence-electron chi connectivity index (χ0n) is 22.5. The van der Waals surface area contributed by atoms with Crippen LogP contribution >= 0.6 is 0 Å². The van der Waals surface area contributed by atoms with Gasteiger partial charge in [0.2, 0.25) is 0 Å². The highest BCUT2D eigenvalue weighted by molar-refractivity contribution is 5.57. The van der Waals surface area contributed by atoms with E-state index < -0.39 is 0 Å². The lowest BCUT2D eigenvalue weighted by molar-refractivity contribution is 0.112. The van der Waals surface area contributed by atoms with Crippen molar-refractivity contribution in [3.63, 3.8) is 0 Å². The summed E-state index contributed by atoms with van der Waals surface area (Å²) in [5.41, 5.74) is 6.54. The smallest absolute Gasteiger partial charge is 0.00182 e. The van der Waals surface area contributed by atoms with E-state index in [0.29, 0.717) is 22.2 Å². The Labute approximate surface area is 210 Å². The van der Waals surface area contributed by atoms with E-state index in [1.165, 1.54) is 102 Å². The van der Waals surface area contributed by atoms with Gasteiger partial charge in [-0.05, 0) is 146 Å². The van der Waals surface area contributed by atoms with Crippen molar-refractivity contribution >= 4 is 0 Å². The fraction of sp³-hybridized carbons (Fsp3) is 0.824. The Hall–Kier alpha value is -0.780. The average Bonchev–Trinajstić information content (AvgIpc) is 3.71. The van der Waals surface area contributed by atoms with E-state index in [0.717, 1.165) is 35.5 Å². The molecule has 0 heterocycles. The van der Waals surface area contributed by atoms with Crippen LogP contribution in [0.3, 0.4) is 0 Å². The molecule has 7 aliphatic carbocycles. The fourth-order valence-electron chi connectivity index (χ4n) is 12.4. The monoisotopic (exact) mass is 458 g/mol. The van der Waals surface area contributed by atoms with Gasteiger partial charge in [-0.25, -0.2) is 0 Å². The van der Waals surface area contributed by atoms with Crippen molar-refractivity contribution in [1.29, 1.82) is 0 Å². The summed E-state index contributed by atoms with van der Waals surface area (Å²) in [5, 5.41) is 0. The lowest BCUT2D eigenvalue weighted by Gasteiger charge is -2.51. The number of allylic oxidation sites excluding steroid dienone is 5. The van der Waals surface area contributed by atoms with Crippen molar-refractivity contribution in [2.24, 2.45) is 57.7 Å². The van der Waals surface area contributed by atoms with Crippen LogP contribution < -0.4 is 0 Å². The molecule has 0 saturated heterocycles. The van der Waals surface area contributed by atoms with Crippen LogP contribution in [0.25, 0.3) is 0 Å². The molecule has 0 aromatic carbocycles. The lowest BCUT2D eigenvalue weighted by Crippen LogP contribution is -2.40. The summed E-state index contributed by atoms with van der Waals surface area (Å²) in [6, 6.07) is 0. The maximum atomic E-state index is 5.04.